The molecule has 0 aliphatic heterocycles. The Morgan fingerprint density at radius 3 is 2.53 bits per heavy atom. The van der Waals surface area contributed by atoms with E-state index in [2.05, 4.69) is 4.74 Å². The third-order valence-electron chi connectivity index (χ3n) is 2.36. The zero-order chi connectivity index (χ0) is 13.8. The quantitative estimate of drug-likeness (QED) is 0.621. The van der Waals surface area contributed by atoms with E-state index in [9.17, 15) is 4.79 Å². The van der Waals surface area contributed by atoms with Crippen LogP contribution in [0.2, 0.25) is 10.0 Å². The highest BCUT2D eigenvalue weighted by atomic mass is 35.5. The van der Waals surface area contributed by atoms with Crippen LogP contribution in [0.3, 0.4) is 0 Å². The molecule has 0 aliphatic rings. The maximum atomic E-state index is 11.0. The Labute approximate surface area is 120 Å². The van der Waals surface area contributed by atoms with Crippen LogP contribution in [-0.2, 0) is 9.53 Å². The lowest BCUT2D eigenvalue weighted by Gasteiger charge is -1.99. The van der Waals surface area contributed by atoms with Crippen LogP contribution < -0.4 is 0 Å². The molecule has 0 atom stereocenters. The fourth-order valence-corrected chi connectivity index (χ4v) is 2.04. The Kier molecular flexibility index (Phi) is 4.30. The molecule has 1 aromatic carbocycles. The number of esters is 1. The van der Waals surface area contributed by atoms with Gasteiger partial charge in [0, 0.05) is 21.7 Å². The van der Waals surface area contributed by atoms with Gasteiger partial charge in [-0.25, -0.2) is 4.79 Å². The number of ether oxygens (including phenoxy) is 1. The van der Waals surface area contributed by atoms with Crippen LogP contribution >= 0.6 is 23.2 Å². The molecule has 0 saturated heterocycles. The second kappa shape index (κ2) is 5.95. The number of benzene rings is 1. The zero-order valence-electron chi connectivity index (χ0n) is 10.0. The van der Waals surface area contributed by atoms with E-state index < -0.39 is 5.97 Å². The van der Waals surface area contributed by atoms with Crippen LogP contribution in [-0.4, -0.2) is 13.1 Å². The molecule has 0 N–H and O–H groups in total. The van der Waals surface area contributed by atoms with Gasteiger partial charge in [0.1, 0.15) is 11.5 Å². The third-order valence-corrected chi connectivity index (χ3v) is 2.80. The summed E-state index contributed by atoms with van der Waals surface area (Å²) in [7, 11) is 1.31. The summed E-state index contributed by atoms with van der Waals surface area (Å²) in [6, 6.07) is 8.66. The Morgan fingerprint density at radius 1 is 1.21 bits per heavy atom. The molecule has 5 heteroatoms. The van der Waals surface area contributed by atoms with Crippen LogP contribution in [0.15, 0.2) is 40.8 Å². The summed E-state index contributed by atoms with van der Waals surface area (Å²) in [6.45, 7) is 0. The van der Waals surface area contributed by atoms with Crippen molar-refractivity contribution in [1.82, 2.24) is 0 Å². The maximum Gasteiger partial charge on any atom is 0.330 e. The van der Waals surface area contributed by atoms with E-state index in [0.717, 1.165) is 5.56 Å². The van der Waals surface area contributed by atoms with Gasteiger partial charge in [-0.3, -0.25) is 0 Å². The van der Waals surface area contributed by atoms with Gasteiger partial charge < -0.3 is 9.15 Å². The van der Waals surface area contributed by atoms with Gasteiger partial charge in [-0.05, 0) is 36.4 Å². The molecular weight excluding hydrogens is 287 g/mol. The highest BCUT2D eigenvalue weighted by Crippen LogP contribution is 2.28. The lowest BCUT2D eigenvalue weighted by molar-refractivity contribution is -0.134. The highest BCUT2D eigenvalue weighted by molar-refractivity contribution is 6.35. The van der Waals surface area contributed by atoms with E-state index >= 15 is 0 Å². The highest BCUT2D eigenvalue weighted by Gasteiger charge is 2.06. The maximum absolute atomic E-state index is 11.0. The fraction of sp³-hybridized carbons (Fsp3) is 0.0714. The second-order valence-electron chi connectivity index (χ2n) is 3.72. The SMILES string of the molecule is COC(=O)C=Cc1ccc(-c2cc(Cl)cc(Cl)c2)o1. The summed E-state index contributed by atoms with van der Waals surface area (Å²) < 4.78 is 10.1. The largest absolute Gasteiger partial charge is 0.466 e. The summed E-state index contributed by atoms with van der Waals surface area (Å²) in [5.74, 6) is 0.717. The molecule has 0 unspecified atom stereocenters. The molecule has 3 nitrogen and oxygen atoms in total. The van der Waals surface area contributed by atoms with E-state index in [0.29, 0.717) is 21.6 Å². The van der Waals surface area contributed by atoms with E-state index in [-0.39, 0.29) is 0 Å². The smallest absolute Gasteiger partial charge is 0.330 e. The Bertz CT molecular complexity index is 609. The van der Waals surface area contributed by atoms with Crippen LogP contribution in [0.1, 0.15) is 5.76 Å². The average molecular weight is 297 g/mol. The first kappa shape index (κ1) is 13.7. The van der Waals surface area contributed by atoms with Crippen LogP contribution in [0.25, 0.3) is 17.4 Å². The van der Waals surface area contributed by atoms with Gasteiger partial charge in [-0.2, -0.15) is 0 Å². The Balaban J connectivity index is 2.25. The number of furan rings is 1. The lowest BCUT2D eigenvalue weighted by atomic mass is 10.2. The van der Waals surface area contributed by atoms with Crippen molar-refractivity contribution in [1.29, 1.82) is 0 Å². The molecule has 19 heavy (non-hydrogen) atoms. The predicted molar refractivity (Wildman–Crippen MR) is 75.2 cm³/mol. The third kappa shape index (κ3) is 3.63. The van der Waals surface area contributed by atoms with Gasteiger partial charge in [0.15, 0.2) is 0 Å². The Morgan fingerprint density at radius 2 is 1.89 bits per heavy atom. The number of hydrogen-bond donors (Lipinski definition) is 0. The van der Waals surface area contributed by atoms with Gasteiger partial charge in [0.25, 0.3) is 0 Å². The van der Waals surface area contributed by atoms with E-state index in [1.807, 2.05) is 0 Å². The average Bonchev–Trinajstić information content (AvgIpc) is 2.83. The van der Waals surface area contributed by atoms with E-state index in [1.54, 1.807) is 30.3 Å². The van der Waals surface area contributed by atoms with Crippen molar-refractivity contribution in [2.75, 3.05) is 7.11 Å². The van der Waals surface area contributed by atoms with Gasteiger partial charge in [0.2, 0.25) is 0 Å². The molecule has 0 saturated carbocycles. The molecule has 2 aromatic rings. The number of carbonyl (C=O) groups excluding carboxylic acids is 1. The minimum Gasteiger partial charge on any atom is -0.466 e. The molecule has 2 rings (SSSR count). The molecule has 98 valence electrons. The number of carbonyl (C=O) groups is 1. The summed E-state index contributed by atoms with van der Waals surface area (Å²) in [4.78, 5) is 11.0. The molecule has 1 aromatic heterocycles. The zero-order valence-corrected chi connectivity index (χ0v) is 11.5. The van der Waals surface area contributed by atoms with Crippen molar-refractivity contribution in [3.05, 3.63) is 52.2 Å². The minimum atomic E-state index is -0.441. The first-order valence-corrected chi connectivity index (χ1v) is 6.16. The monoisotopic (exact) mass is 296 g/mol. The number of halogens is 2. The first-order valence-electron chi connectivity index (χ1n) is 5.41. The molecule has 1 heterocycles. The predicted octanol–water partition coefficient (Wildman–Crippen LogP) is 4.44. The van der Waals surface area contributed by atoms with E-state index in [4.69, 9.17) is 27.6 Å². The first-order chi connectivity index (χ1) is 9.08. The standard InChI is InChI=1S/C14H10Cl2O3/c1-18-14(17)5-3-12-2-4-13(19-12)9-6-10(15)8-11(16)7-9/h2-8H,1H3. The number of methoxy groups -OCH3 is 1. The second-order valence-corrected chi connectivity index (χ2v) is 4.59. The van der Waals surface area contributed by atoms with Gasteiger partial charge >= 0.3 is 5.97 Å². The van der Waals surface area contributed by atoms with Crippen LogP contribution in [0.5, 0.6) is 0 Å². The van der Waals surface area contributed by atoms with Crippen molar-refractivity contribution >= 4 is 35.2 Å². The van der Waals surface area contributed by atoms with Crippen molar-refractivity contribution in [3.8, 4) is 11.3 Å². The number of hydrogen-bond acceptors (Lipinski definition) is 3. The van der Waals surface area contributed by atoms with Gasteiger partial charge in [0.05, 0.1) is 7.11 Å². The minimum absolute atomic E-state index is 0.441. The van der Waals surface area contributed by atoms with Crippen LogP contribution in [0, 0.1) is 0 Å². The normalized spacial score (nSPS) is 10.9. The Hall–Kier alpha value is -1.71. The van der Waals surface area contributed by atoms with Crippen molar-refractivity contribution in [2.45, 2.75) is 0 Å². The van der Waals surface area contributed by atoms with E-state index in [1.165, 1.54) is 19.3 Å². The summed E-state index contributed by atoms with van der Waals surface area (Å²) >= 11 is 11.9. The molecule has 0 amide bonds. The van der Waals surface area contributed by atoms with Gasteiger partial charge in [-0.15, -0.1) is 0 Å². The fourth-order valence-electron chi connectivity index (χ4n) is 1.51. The molecular formula is C14H10Cl2O3. The van der Waals surface area contributed by atoms with Crippen molar-refractivity contribution in [3.63, 3.8) is 0 Å². The summed E-state index contributed by atoms with van der Waals surface area (Å²) in [5, 5.41) is 1.07. The van der Waals surface area contributed by atoms with Crippen molar-refractivity contribution in [2.24, 2.45) is 0 Å². The topological polar surface area (TPSA) is 39.4 Å². The lowest BCUT2D eigenvalue weighted by Crippen LogP contribution is -1.92. The molecule has 0 fully saturated rings. The molecule has 0 bridgehead atoms. The number of rotatable bonds is 3. The summed E-state index contributed by atoms with van der Waals surface area (Å²) in [6.07, 6.45) is 2.81. The summed E-state index contributed by atoms with van der Waals surface area (Å²) in [5.41, 5.74) is 0.773. The van der Waals surface area contributed by atoms with Crippen LogP contribution in [0.4, 0.5) is 0 Å². The molecule has 0 aliphatic carbocycles. The van der Waals surface area contributed by atoms with Crippen molar-refractivity contribution < 1.29 is 13.9 Å². The molecule has 0 radical (unpaired) electrons. The molecule has 0 spiro atoms. The van der Waals surface area contributed by atoms with Gasteiger partial charge in [-0.1, -0.05) is 23.2 Å².